The van der Waals surface area contributed by atoms with Gasteiger partial charge in [0, 0.05) is 13.6 Å². The molecule has 0 radical (unpaired) electrons. The first-order valence-corrected chi connectivity index (χ1v) is 6.54. The van der Waals surface area contributed by atoms with Gasteiger partial charge in [-0.15, -0.1) is 0 Å². The standard InChI is InChI=1S/C13H15N5O3/c1-3-9-8(6-14-17(9)2)10(19)18-5-4-13(7-18)11(20)15-12(21)16-13/h3,6H,1,4-5,7H2,2H3,(H2,15,16,20,21). The lowest BCUT2D eigenvalue weighted by Gasteiger charge is -2.21. The van der Waals surface area contributed by atoms with Crippen molar-refractivity contribution in [2.24, 2.45) is 7.05 Å². The summed E-state index contributed by atoms with van der Waals surface area (Å²) in [6.45, 7) is 4.24. The Morgan fingerprint density at radius 2 is 2.29 bits per heavy atom. The van der Waals surface area contributed by atoms with Crippen LogP contribution >= 0.6 is 0 Å². The van der Waals surface area contributed by atoms with Crippen LogP contribution in [0.1, 0.15) is 22.5 Å². The van der Waals surface area contributed by atoms with Gasteiger partial charge in [-0.05, 0) is 12.5 Å². The number of nitrogens with zero attached hydrogens (tertiary/aromatic N) is 3. The summed E-state index contributed by atoms with van der Waals surface area (Å²) in [5, 5.41) is 8.88. The molecule has 0 bridgehead atoms. The Balaban J connectivity index is 1.83. The molecule has 3 heterocycles. The van der Waals surface area contributed by atoms with Crippen molar-refractivity contribution >= 4 is 23.9 Å². The van der Waals surface area contributed by atoms with Gasteiger partial charge >= 0.3 is 6.03 Å². The van der Waals surface area contributed by atoms with E-state index in [-0.39, 0.29) is 18.4 Å². The molecule has 1 atom stereocenters. The highest BCUT2D eigenvalue weighted by atomic mass is 16.2. The molecule has 2 fully saturated rings. The number of nitrogens with one attached hydrogen (secondary N) is 2. The Morgan fingerprint density at radius 1 is 1.52 bits per heavy atom. The molecule has 0 aliphatic carbocycles. The minimum absolute atomic E-state index is 0.162. The maximum atomic E-state index is 12.5. The van der Waals surface area contributed by atoms with Crippen LogP contribution in [0.2, 0.25) is 0 Å². The van der Waals surface area contributed by atoms with Crippen molar-refractivity contribution in [2.75, 3.05) is 13.1 Å². The van der Waals surface area contributed by atoms with Crippen LogP contribution in [0.4, 0.5) is 4.79 Å². The van der Waals surface area contributed by atoms with Crippen molar-refractivity contribution in [2.45, 2.75) is 12.0 Å². The fourth-order valence-corrected chi connectivity index (χ4v) is 2.82. The zero-order valence-electron chi connectivity index (χ0n) is 11.5. The maximum Gasteiger partial charge on any atom is 0.322 e. The van der Waals surface area contributed by atoms with Crippen molar-refractivity contribution in [3.05, 3.63) is 24.0 Å². The number of carbonyl (C=O) groups excluding carboxylic acids is 3. The minimum Gasteiger partial charge on any atom is -0.336 e. The first-order chi connectivity index (χ1) is 9.97. The van der Waals surface area contributed by atoms with Gasteiger partial charge < -0.3 is 10.2 Å². The number of aromatic nitrogens is 2. The molecule has 0 aromatic carbocycles. The maximum absolute atomic E-state index is 12.5. The van der Waals surface area contributed by atoms with Crippen molar-refractivity contribution in [3.63, 3.8) is 0 Å². The Hall–Kier alpha value is -2.64. The Bertz CT molecular complexity index is 665. The van der Waals surface area contributed by atoms with Crippen LogP contribution in [-0.2, 0) is 11.8 Å². The molecular weight excluding hydrogens is 274 g/mol. The van der Waals surface area contributed by atoms with Gasteiger partial charge in [0.05, 0.1) is 24.0 Å². The molecule has 4 amide bonds. The predicted molar refractivity (Wildman–Crippen MR) is 73.2 cm³/mol. The highest BCUT2D eigenvalue weighted by molar-refractivity contribution is 6.08. The third kappa shape index (κ3) is 1.91. The van der Waals surface area contributed by atoms with Crippen LogP contribution in [0.15, 0.2) is 12.8 Å². The second-order valence-corrected chi connectivity index (χ2v) is 5.24. The average Bonchev–Trinajstić information content (AvgIpc) is 3.09. The van der Waals surface area contributed by atoms with E-state index in [9.17, 15) is 14.4 Å². The zero-order valence-corrected chi connectivity index (χ0v) is 11.5. The van der Waals surface area contributed by atoms with E-state index in [4.69, 9.17) is 0 Å². The number of carbonyl (C=O) groups is 3. The summed E-state index contributed by atoms with van der Waals surface area (Å²) in [4.78, 5) is 37.3. The summed E-state index contributed by atoms with van der Waals surface area (Å²) >= 11 is 0. The van der Waals surface area contributed by atoms with Gasteiger partial charge in [-0.3, -0.25) is 19.6 Å². The third-order valence-corrected chi connectivity index (χ3v) is 3.98. The minimum atomic E-state index is -0.997. The summed E-state index contributed by atoms with van der Waals surface area (Å²) < 4.78 is 1.57. The number of amides is 4. The van der Waals surface area contributed by atoms with E-state index < -0.39 is 11.6 Å². The predicted octanol–water partition coefficient (Wildman–Crippen LogP) is -0.513. The SMILES string of the molecule is C=Cc1c(C(=O)N2CCC3(C2)NC(=O)NC3=O)cnn1C. The quantitative estimate of drug-likeness (QED) is 0.716. The normalized spacial score (nSPS) is 24.3. The summed E-state index contributed by atoms with van der Waals surface area (Å²) in [5.74, 6) is -0.596. The summed E-state index contributed by atoms with van der Waals surface area (Å²) in [7, 11) is 1.73. The van der Waals surface area contributed by atoms with Crippen LogP contribution in [0, 0.1) is 0 Å². The number of urea groups is 1. The molecule has 110 valence electrons. The molecule has 0 saturated carbocycles. The first-order valence-electron chi connectivity index (χ1n) is 6.54. The molecule has 8 heteroatoms. The molecule has 2 saturated heterocycles. The third-order valence-electron chi connectivity index (χ3n) is 3.98. The number of aryl methyl sites for hydroxylation is 1. The number of hydrogen-bond donors (Lipinski definition) is 2. The van der Waals surface area contributed by atoms with Crippen LogP contribution in [0.5, 0.6) is 0 Å². The van der Waals surface area contributed by atoms with Crippen molar-refractivity contribution < 1.29 is 14.4 Å². The van der Waals surface area contributed by atoms with Crippen LogP contribution in [0.25, 0.3) is 6.08 Å². The number of likely N-dealkylation sites (tertiary alicyclic amines) is 1. The summed E-state index contributed by atoms with van der Waals surface area (Å²) in [6.07, 6.45) is 3.45. The molecule has 21 heavy (non-hydrogen) atoms. The van der Waals surface area contributed by atoms with E-state index in [1.165, 1.54) is 6.20 Å². The van der Waals surface area contributed by atoms with E-state index in [2.05, 4.69) is 22.3 Å². The summed E-state index contributed by atoms with van der Waals surface area (Å²) in [5.41, 5.74) is 0.0682. The molecule has 1 spiro atoms. The van der Waals surface area contributed by atoms with Gasteiger partial charge in [0.2, 0.25) is 0 Å². The van der Waals surface area contributed by atoms with E-state index in [1.807, 2.05) is 0 Å². The van der Waals surface area contributed by atoms with Crippen LogP contribution in [0.3, 0.4) is 0 Å². The Morgan fingerprint density at radius 3 is 2.90 bits per heavy atom. The molecule has 2 aliphatic heterocycles. The molecule has 2 aliphatic rings. The average molecular weight is 289 g/mol. The second-order valence-electron chi connectivity index (χ2n) is 5.24. The van der Waals surface area contributed by atoms with E-state index in [0.717, 1.165) is 0 Å². The largest absolute Gasteiger partial charge is 0.336 e. The van der Waals surface area contributed by atoms with Gasteiger partial charge in [-0.2, -0.15) is 5.10 Å². The lowest BCUT2D eigenvalue weighted by Crippen LogP contribution is -2.49. The summed E-state index contributed by atoms with van der Waals surface area (Å²) in [6, 6.07) is -0.512. The first kappa shape index (κ1) is 13.3. The fourth-order valence-electron chi connectivity index (χ4n) is 2.82. The lowest BCUT2D eigenvalue weighted by atomic mass is 9.99. The van der Waals surface area contributed by atoms with Crippen LogP contribution in [-0.4, -0.2) is 51.2 Å². The molecule has 1 aromatic rings. The van der Waals surface area contributed by atoms with E-state index >= 15 is 0 Å². The molecular formula is C13H15N5O3. The number of rotatable bonds is 2. The molecule has 2 N–H and O–H groups in total. The molecule has 1 aromatic heterocycles. The van der Waals surface area contributed by atoms with Gasteiger partial charge in [-0.1, -0.05) is 6.58 Å². The smallest absolute Gasteiger partial charge is 0.322 e. The van der Waals surface area contributed by atoms with Crippen LogP contribution < -0.4 is 10.6 Å². The van der Waals surface area contributed by atoms with Gasteiger partial charge in [0.25, 0.3) is 11.8 Å². The van der Waals surface area contributed by atoms with E-state index in [1.54, 1.807) is 22.7 Å². The van der Waals surface area contributed by atoms with Gasteiger partial charge in [-0.25, -0.2) is 4.79 Å². The monoisotopic (exact) mass is 289 g/mol. The fraction of sp³-hybridized carbons (Fsp3) is 0.385. The number of imide groups is 1. The zero-order chi connectivity index (χ0) is 15.2. The van der Waals surface area contributed by atoms with Crippen molar-refractivity contribution in [1.82, 2.24) is 25.3 Å². The molecule has 1 unspecified atom stereocenters. The van der Waals surface area contributed by atoms with Crippen molar-refractivity contribution in [3.8, 4) is 0 Å². The topological polar surface area (TPSA) is 96.3 Å². The van der Waals surface area contributed by atoms with Gasteiger partial charge in [0.15, 0.2) is 0 Å². The Labute approximate surface area is 120 Å². The van der Waals surface area contributed by atoms with E-state index in [0.29, 0.717) is 24.2 Å². The second kappa shape index (κ2) is 4.44. The highest BCUT2D eigenvalue weighted by Crippen LogP contribution is 2.26. The van der Waals surface area contributed by atoms with Gasteiger partial charge in [0.1, 0.15) is 5.54 Å². The van der Waals surface area contributed by atoms with Crippen molar-refractivity contribution in [1.29, 1.82) is 0 Å². The lowest BCUT2D eigenvalue weighted by molar-refractivity contribution is -0.123. The Kier molecular flexibility index (Phi) is 2.82. The molecule has 8 nitrogen and oxygen atoms in total. The molecule has 3 rings (SSSR count). The highest BCUT2D eigenvalue weighted by Gasteiger charge is 2.51. The number of hydrogen-bond acceptors (Lipinski definition) is 4.